The molecule has 5 nitrogen and oxygen atoms in total. The van der Waals surface area contributed by atoms with E-state index in [2.05, 4.69) is 13.8 Å². The normalized spacial score (nSPS) is 11.9. The second-order valence-electron chi connectivity index (χ2n) is 13.1. The minimum atomic E-state index is -1.00. The van der Waals surface area contributed by atoms with Crippen molar-refractivity contribution >= 4 is 79.2 Å². The van der Waals surface area contributed by atoms with Crippen molar-refractivity contribution in [1.29, 1.82) is 0 Å². The van der Waals surface area contributed by atoms with Crippen molar-refractivity contribution in [3.8, 4) is 0 Å². The Kier molecular flexibility index (Phi) is 30.0. The van der Waals surface area contributed by atoms with Crippen LogP contribution in [0.5, 0.6) is 0 Å². The van der Waals surface area contributed by atoms with Crippen LogP contribution in [0.15, 0.2) is 0 Å². The zero-order chi connectivity index (χ0) is 34.5. The lowest BCUT2D eigenvalue weighted by Crippen LogP contribution is -2.34. The Balaban J connectivity index is 4.00. The van der Waals surface area contributed by atoms with Crippen molar-refractivity contribution in [3.05, 3.63) is 0 Å². The lowest BCUT2D eigenvalue weighted by atomic mass is 10.1. The van der Waals surface area contributed by atoms with E-state index in [-0.39, 0.29) is 23.6 Å². The van der Waals surface area contributed by atoms with Gasteiger partial charge in [-0.15, -0.1) is 11.8 Å². The molecule has 0 aliphatic rings. The van der Waals surface area contributed by atoms with Crippen LogP contribution >= 0.6 is 59.3 Å². The van der Waals surface area contributed by atoms with Gasteiger partial charge in [-0.2, -0.15) is 0 Å². The predicted molar refractivity (Wildman–Crippen MR) is 212 cm³/mol. The number of esters is 2. The first-order valence-electron chi connectivity index (χ1n) is 18.0. The van der Waals surface area contributed by atoms with Crippen LogP contribution < -0.4 is 0 Å². The van der Waals surface area contributed by atoms with Gasteiger partial charge >= 0.3 is 11.9 Å². The van der Waals surface area contributed by atoms with Gasteiger partial charge in [-0.1, -0.05) is 177 Å². The molecular weight excluding hydrogens is 673 g/mol. The zero-order valence-corrected chi connectivity index (χ0v) is 34.1. The molecule has 0 aliphatic carbocycles. The van der Waals surface area contributed by atoms with Gasteiger partial charge in [0.1, 0.15) is 26.2 Å². The van der Waals surface area contributed by atoms with Gasteiger partial charge in [-0.05, 0) is 46.3 Å². The van der Waals surface area contributed by atoms with Crippen LogP contribution in [-0.4, -0.2) is 54.1 Å². The van der Waals surface area contributed by atoms with Gasteiger partial charge in [0, 0.05) is 5.75 Å². The Hall–Kier alpha value is 0.1000. The monoisotopic (exact) mass is 738 g/mol. The smallest absolute Gasteiger partial charge is 0.322 e. The van der Waals surface area contributed by atoms with Crippen molar-refractivity contribution in [3.63, 3.8) is 0 Å². The fraction of sp³-hybridized carbons (Fsp3) is 0.889. The van der Waals surface area contributed by atoms with Crippen molar-refractivity contribution in [2.24, 2.45) is 0 Å². The van der Waals surface area contributed by atoms with Crippen LogP contribution in [0.1, 0.15) is 170 Å². The highest BCUT2D eigenvalue weighted by atomic mass is 32.2. The molecule has 0 atom stereocenters. The molecule has 0 aromatic carbocycles. The third-order valence-corrected chi connectivity index (χ3v) is 12.6. The first-order valence-corrected chi connectivity index (χ1v) is 22.0. The van der Waals surface area contributed by atoms with Crippen LogP contribution in [0.4, 0.5) is 4.79 Å². The topological polar surface area (TPSA) is 69.7 Å². The number of thiocarbonyl (C=S) groups is 1. The summed E-state index contributed by atoms with van der Waals surface area (Å²) in [6.45, 7) is 11.4. The minimum absolute atomic E-state index is 0.0325. The van der Waals surface area contributed by atoms with Gasteiger partial charge in [0.05, 0.1) is 0 Å². The molecule has 0 bridgehead atoms. The summed E-state index contributed by atoms with van der Waals surface area (Å²) in [5.41, 5.74) is 0. The highest BCUT2D eigenvalue weighted by Gasteiger charge is 2.34. The third-order valence-electron chi connectivity index (χ3n) is 7.65. The van der Waals surface area contributed by atoms with Gasteiger partial charge in [-0.3, -0.25) is 14.4 Å². The molecule has 0 spiro atoms. The summed E-state index contributed by atoms with van der Waals surface area (Å²) in [6.07, 6.45) is 25.7. The molecule has 0 saturated heterocycles. The Bertz CT molecular complexity index is 753. The van der Waals surface area contributed by atoms with E-state index in [1.54, 1.807) is 39.5 Å². The van der Waals surface area contributed by atoms with Gasteiger partial charge in [-0.25, -0.2) is 0 Å². The molecule has 0 aromatic heterocycles. The number of thioether (sulfide) groups is 4. The summed E-state index contributed by atoms with van der Waals surface area (Å²) < 4.78 is 9.61. The zero-order valence-electron chi connectivity index (χ0n) is 30.1. The predicted octanol–water partition coefficient (Wildman–Crippen LogP) is 12.8. The molecule has 270 valence electrons. The van der Waals surface area contributed by atoms with Crippen LogP contribution in [-0.2, 0) is 19.1 Å². The molecule has 0 fully saturated rings. The molecule has 10 heteroatoms. The van der Waals surface area contributed by atoms with Crippen LogP contribution in [0, 0.1) is 0 Å². The molecule has 0 N–H and O–H groups in total. The van der Waals surface area contributed by atoms with E-state index >= 15 is 0 Å². The van der Waals surface area contributed by atoms with E-state index in [0.717, 1.165) is 46.1 Å². The van der Waals surface area contributed by atoms with Gasteiger partial charge in [0.2, 0.25) is 4.45 Å². The molecule has 0 aliphatic heterocycles. The molecule has 0 unspecified atom stereocenters. The summed E-state index contributed by atoms with van der Waals surface area (Å²) in [4.78, 5) is 37.8. The third kappa shape index (κ3) is 27.0. The van der Waals surface area contributed by atoms with Gasteiger partial charge < -0.3 is 9.47 Å². The second-order valence-corrected chi connectivity index (χ2v) is 19.9. The molecule has 0 rings (SSSR count). The summed E-state index contributed by atoms with van der Waals surface area (Å²) >= 11 is 10.8. The molecule has 0 aromatic rings. The largest absolute Gasteiger partial charge is 0.461 e. The Morgan fingerprint density at radius 2 is 0.826 bits per heavy atom. The number of ether oxygens (including phenoxy) is 2. The standard InChI is InChI=1S/C36H66O5S5/c1-7-9-11-13-15-17-19-21-23-25-29-43-33(39)45-35(3,4)31(37)40-27-28-41-32(38)36(5,6)46-34(42)44-30-26-24-22-20-18-16-14-12-10-8-2/h7-30H2,1-6H3. The van der Waals surface area contributed by atoms with Crippen molar-refractivity contribution in [2.45, 2.75) is 179 Å². The maximum atomic E-state index is 12.7. The first kappa shape index (κ1) is 46.1. The van der Waals surface area contributed by atoms with E-state index in [9.17, 15) is 14.4 Å². The highest BCUT2D eigenvalue weighted by Crippen LogP contribution is 2.33. The van der Waals surface area contributed by atoms with E-state index < -0.39 is 15.5 Å². The average Bonchev–Trinajstić information content (AvgIpc) is 3.00. The van der Waals surface area contributed by atoms with Crippen LogP contribution in [0.3, 0.4) is 0 Å². The van der Waals surface area contributed by atoms with Gasteiger partial charge in [0.25, 0.3) is 0 Å². The molecule has 0 radical (unpaired) electrons. The Labute approximate surface area is 305 Å². The fourth-order valence-corrected chi connectivity index (χ4v) is 9.91. The SMILES string of the molecule is CCCCCCCCCCCCSC(=O)SC(C)(C)C(=O)OCCOC(=O)C(C)(C)SC(=S)SCCCCCCCCCCCC. The fourth-order valence-electron chi connectivity index (χ4n) is 4.67. The number of carbonyl (C=O) groups excluding carboxylic acids is 3. The Morgan fingerprint density at radius 3 is 1.22 bits per heavy atom. The molecule has 46 heavy (non-hydrogen) atoms. The first-order chi connectivity index (χ1) is 22.0. The molecule has 0 saturated carbocycles. The Morgan fingerprint density at radius 1 is 0.500 bits per heavy atom. The van der Waals surface area contributed by atoms with Crippen molar-refractivity contribution < 1.29 is 23.9 Å². The minimum Gasteiger partial charge on any atom is -0.461 e. The van der Waals surface area contributed by atoms with Crippen LogP contribution in [0.2, 0.25) is 0 Å². The molecule has 0 heterocycles. The maximum Gasteiger partial charge on any atom is 0.322 e. The summed E-state index contributed by atoms with van der Waals surface area (Å²) in [6, 6.07) is 0. The van der Waals surface area contributed by atoms with E-state index in [4.69, 9.17) is 21.7 Å². The van der Waals surface area contributed by atoms with Crippen molar-refractivity contribution in [2.75, 3.05) is 24.7 Å². The maximum absolute atomic E-state index is 12.7. The van der Waals surface area contributed by atoms with Crippen molar-refractivity contribution in [1.82, 2.24) is 0 Å². The number of unbranched alkanes of at least 4 members (excludes halogenated alkanes) is 18. The second kappa shape index (κ2) is 30.0. The van der Waals surface area contributed by atoms with E-state index in [1.165, 1.54) is 133 Å². The van der Waals surface area contributed by atoms with E-state index in [1.807, 2.05) is 0 Å². The number of hydrogen-bond donors (Lipinski definition) is 0. The number of carbonyl (C=O) groups is 3. The highest BCUT2D eigenvalue weighted by molar-refractivity contribution is 8.47. The quantitative estimate of drug-likeness (QED) is 0.0421. The van der Waals surface area contributed by atoms with Crippen LogP contribution in [0.25, 0.3) is 0 Å². The molecular formula is C36H66O5S5. The summed E-state index contributed by atoms with van der Waals surface area (Å²) in [7, 11) is 0. The van der Waals surface area contributed by atoms with Gasteiger partial charge in [0.15, 0.2) is 0 Å². The molecule has 0 amide bonds. The summed E-state index contributed by atoms with van der Waals surface area (Å²) in [5.74, 6) is 0.873. The lowest BCUT2D eigenvalue weighted by molar-refractivity contribution is -0.154. The lowest BCUT2D eigenvalue weighted by Gasteiger charge is -2.23. The summed E-state index contributed by atoms with van der Waals surface area (Å²) in [5, 5.41) is 0. The number of rotatable bonds is 29. The average molecular weight is 739 g/mol. The van der Waals surface area contributed by atoms with E-state index in [0.29, 0.717) is 0 Å². The number of hydrogen-bond acceptors (Lipinski definition) is 10.